The molecule has 6 heteroatoms. The van der Waals surface area contributed by atoms with Crippen LogP contribution in [0.15, 0.2) is 24.3 Å². The van der Waals surface area contributed by atoms with E-state index in [-0.39, 0.29) is 12.1 Å². The first-order valence-electron chi connectivity index (χ1n) is 7.10. The van der Waals surface area contributed by atoms with Gasteiger partial charge in [0.05, 0.1) is 4.92 Å². The predicted octanol–water partition coefficient (Wildman–Crippen LogP) is 3.53. The van der Waals surface area contributed by atoms with E-state index >= 15 is 0 Å². The number of carbonyl (C=O) groups is 1. The standard InChI is InChI=1S/C15H22N2O4/c1-11(2)12(3-8-15(18)19)9-10-16-13-4-6-14(7-5-13)17(20)21/h4-7,11-12,16H,3,8-10H2,1-2H3,(H,18,19). The second-order valence-electron chi connectivity index (χ2n) is 5.46. The third-order valence-corrected chi connectivity index (χ3v) is 3.59. The van der Waals surface area contributed by atoms with Crippen molar-refractivity contribution in [3.05, 3.63) is 34.4 Å². The highest BCUT2D eigenvalue weighted by atomic mass is 16.6. The molecule has 1 rings (SSSR count). The second kappa shape index (κ2) is 8.24. The Morgan fingerprint density at radius 2 is 1.90 bits per heavy atom. The number of carboxylic acid groups (broad SMARTS) is 1. The molecule has 0 amide bonds. The molecular formula is C15H22N2O4. The smallest absolute Gasteiger partial charge is 0.303 e. The number of carboxylic acids is 1. The van der Waals surface area contributed by atoms with E-state index in [1.807, 2.05) is 0 Å². The molecule has 1 aromatic rings. The van der Waals surface area contributed by atoms with Crippen LogP contribution in [0.5, 0.6) is 0 Å². The Kier molecular flexibility index (Phi) is 6.65. The van der Waals surface area contributed by atoms with Crippen molar-refractivity contribution in [2.45, 2.75) is 33.1 Å². The van der Waals surface area contributed by atoms with Crippen molar-refractivity contribution in [2.24, 2.45) is 11.8 Å². The Morgan fingerprint density at radius 3 is 2.38 bits per heavy atom. The van der Waals surface area contributed by atoms with Crippen LogP contribution in [0.1, 0.15) is 33.1 Å². The van der Waals surface area contributed by atoms with Crippen LogP contribution in [-0.2, 0) is 4.79 Å². The highest BCUT2D eigenvalue weighted by molar-refractivity contribution is 5.66. The number of non-ortho nitro benzene ring substituents is 1. The van der Waals surface area contributed by atoms with E-state index in [0.29, 0.717) is 18.3 Å². The lowest BCUT2D eigenvalue weighted by molar-refractivity contribution is -0.384. The number of hydrogen-bond acceptors (Lipinski definition) is 4. The van der Waals surface area contributed by atoms with Crippen LogP contribution in [-0.4, -0.2) is 22.5 Å². The van der Waals surface area contributed by atoms with Crippen molar-refractivity contribution in [3.63, 3.8) is 0 Å². The molecule has 6 nitrogen and oxygen atoms in total. The van der Waals surface area contributed by atoms with Gasteiger partial charge in [-0.2, -0.15) is 0 Å². The summed E-state index contributed by atoms with van der Waals surface area (Å²) >= 11 is 0. The van der Waals surface area contributed by atoms with Gasteiger partial charge in [0, 0.05) is 30.8 Å². The Balaban J connectivity index is 2.42. The molecule has 21 heavy (non-hydrogen) atoms. The summed E-state index contributed by atoms with van der Waals surface area (Å²) in [5, 5.41) is 22.5. The fraction of sp³-hybridized carbons (Fsp3) is 0.533. The van der Waals surface area contributed by atoms with E-state index in [1.54, 1.807) is 12.1 Å². The molecule has 0 fully saturated rings. The van der Waals surface area contributed by atoms with Crippen LogP contribution in [0.25, 0.3) is 0 Å². The van der Waals surface area contributed by atoms with Gasteiger partial charge in [-0.25, -0.2) is 0 Å². The van der Waals surface area contributed by atoms with Crippen LogP contribution in [0, 0.1) is 22.0 Å². The zero-order chi connectivity index (χ0) is 15.8. The number of nitrogens with one attached hydrogen (secondary N) is 1. The molecular weight excluding hydrogens is 272 g/mol. The third-order valence-electron chi connectivity index (χ3n) is 3.59. The van der Waals surface area contributed by atoms with Gasteiger partial charge in [0.1, 0.15) is 0 Å². The summed E-state index contributed by atoms with van der Waals surface area (Å²) in [4.78, 5) is 20.8. The molecule has 0 spiro atoms. The number of anilines is 1. The highest BCUT2D eigenvalue weighted by Crippen LogP contribution is 2.22. The Labute approximate surface area is 124 Å². The Bertz CT molecular complexity index is 471. The minimum atomic E-state index is -0.760. The van der Waals surface area contributed by atoms with Gasteiger partial charge in [0.25, 0.3) is 5.69 Å². The minimum Gasteiger partial charge on any atom is -0.481 e. The Hall–Kier alpha value is -2.11. The van der Waals surface area contributed by atoms with Crippen LogP contribution in [0.4, 0.5) is 11.4 Å². The maximum absolute atomic E-state index is 10.6. The summed E-state index contributed by atoms with van der Waals surface area (Å²) in [6.45, 7) is 4.91. The number of hydrogen-bond donors (Lipinski definition) is 2. The van der Waals surface area contributed by atoms with Gasteiger partial charge < -0.3 is 10.4 Å². The molecule has 1 aromatic carbocycles. The number of rotatable bonds is 9. The van der Waals surface area contributed by atoms with E-state index in [1.165, 1.54) is 12.1 Å². The summed E-state index contributed by atoms with van der Waals surface area (Å²) in [6.07, 6.45) is 1.75. The van der Waals surface area contributed by atoms with E-state index in [0.717, 1.165) is 18.7 Å². The maximum atomic E-state index is 10.6. The number of nitro benzene ring substituents is 1. The molecule has 0 aliphatic heterocycles. The van der Waals surface area contributed by atoms with Crippen LogP contribution < -0.4 is 5.32 Å². The van der Waals surface area contributed by atoms with Crippen LogP contribution in [0.3, 0.4) is 0 Å². The third kappa shape index (κ3) is 6.25. The van der Waals surface area contributed by atoms with Gasteiger partial charge in [0.2, 0.25) is 0 Å². The van der Waals surface area contributed by atoms with Crippen molar-refractivity contribution in [2.75, 3.05) is 11.9 Å². The zero-order valence-corrected chi connectivity index (χ0v) is 12.4. The van der Waals surface area contributed by atoms with Crippen LogP contribution in [0.2, 0.25) is 0 Å². The van der Waals surface area contributed by atoms with Gasteiger partial charge in [-0.3, -0.25) is 14.9 Å². The van der Waals surface area contributed by atoms with Crippen molar-refractivity contribution in [3.8, 4) is 0 Å². The molecule has 2 N–H and O–H groups in total. The summed E-state index contributed by atoms with van der Waals surface area (Å²) in [6, 6.07) is 6.29. The van der Waals surface area contributed by atoms with Gasteiger partial charge in [-0.05, 0) is 36.8 Å². The topological polar surface area (TPSA) is 92.5 Å². The number of nitrogens with zero attached hydrogens (tertiary/aromatic N) is 1. The first-order chi connectivity index (χ1) is 9.90. The molecule has 1 unspecified atom stereocenters. The molecule has 0 radical (unpaired) electrons. The molecule has 0 bridgehead atoms. The van der Waals surface area contributed by atoms with E-state index in [9.17, 15) is 14.9 Å². The fourth-order valence-corrected chi connectivity index (χ4v) is 2.22. The van der Waals surface area contributed by atoms with Crippen molar-refractivity contribution in [1.29, 1.82) is 0 Å². The first-order valence-corrected chi connectivity index (χ1v) is 7.10. The summed E-state index contributed by atoms with van der Waals surface area (Å²) in [7, 11) is 0. The van der Waals surface area contributed by atoms with Gasteiger partial charge in [0.15, 0.2) is 0 Å². The highest BCUT2D eigenvalue weighted by Gasteiger charge is 2.14. The minimum absolute atomic E-state index is 0.0714. The van der Waals surface area contributed by atoms with E-state index < -0.39 is 10.9 Å². The lowest BCUT2D eigenvalue weighted by atomic mass is 9.88. The average Bonchev–Trinajstić information content (AvgIpc) is 2.42. The number of nitro groups is 1. The Morgan fingerprint density at radius 1 is 1.29 bits per heavy atom. The molecule has 0 heterocycles. The lowest BCUT2D eigenvalue weighted by Gasteiger charge is -2.20. The fourth-order valence-electron chi connectivity index (χ4n) is 2.22. The average molecular weight is 294 g/mol. The van der Waals surface area contributed by atoms with Crippen LogP contribution >= 0.6 is 0 Å². The number of benzene rings is 1. The normalized spacial score (nSPS) is 12.1. The lowest BCUT2D eigenvalue weighted by Crippen LogP contribution is -2.15. The molecule has 1 atom stereocenters. The monoisotopic (exact) mass is 294 g/mol. The second-order valence-corrected chi connectivity index (χ2v) is 5.46. The zero-order valence-electron chi connectivity index (χ0n) is 12.4. The molecule has 0 saturated carbocycles. The molecule has 0 aliphatic carbocycles. The number of aliphatic carboxylic acids is 1. The summed E-state index contributed by atoms with van der Waals surface area (Å²) in [5.41, 5.74) is 0.906. The molecule has 0 aliphatic rings. The van der Waals surface area contributed by atoms with Gasteiger partial charge in [-0.1, -0.05) is 13.8 Å². The maximum Gasteiger partial charge on any atom is 0.303 e. The van der Waals surface area contributed by atoms with Gasteiger partial charge >= 0.3 is 5.97 Å². The SMILES string of the molecule is CC(C)C(CCNc1ccc([N+](=O)[O-])cc1)CCC(=O)O. The largest absolute Gasteiger partial charge is 0.481 e. The predicted molar refractivity (Wildman–Crippen MR) is 81.4 cm³/mol. The summed E-state index contributed by atoms with van der Waals surface area (Å²) in [5.74, 6) is 0.0265. The van der Waals surface area contributed by atoms with E-state index in [4.69, 9.17) is 5.11 Å². The summed E-state index contributed by atoms with van der Waals surface area (Å²) < 4.78 is 0. The van der Waals surface area contributed by atoms with Crippen molar-refractivity contribution < 1.29 is 14.8 Å². The van der Waals surface area contributed by atoms with Crippen molar-refractivity contribution in [1.82, 2.24) is 0 Å². The molecule has 0 saturated heterocycles. The van der Waals surface area contributed by atoms with Crippen molar-refractivity contribution >= 4 is 17.3 Å². The molecule has 0 aromatic heterocycles. The van der Waals surface area contributed by atoms with Gasteiger partial charge in [-0.15, -0.1) is 0 Å². The molecule has 116 valence electrons. The quantitative estimate of drug-likeness (QED) is 0.537. The first kappa shape index (κ1) is 16.9. The van der Waals surface area contributed by atoms with E-state index in [2.05, 4.69) is 19.2 Å².